The Balaban J connectivity index is 0.00000208. The zero-order valence-electron chi connectivity index (χ0n) is 13.9. The molecule has 0 saturated heterocycles. The number of amides is 1. The number of hydrogen-bond donors (Lipinski definition) is 1. The van der Waals surface area contributed by atoms with E-state index in [9.17, 15) is 4.79 Å². The van der Waals surface area contributed by atoms with Crippen LogP contribution in [0.5, 0.6) is 5.75 Å². The first-order chi connectivity index (χ1) is 11.2. The van der Waals surface area contributed by atoms with E-state index in [2.05, 4.69) is 22.1 Å². The Morgan fingerprint density at radius 3 is 2.75 bits per heavy atom. The fraction of sp³-hybridized carbons (Fsp3) is 0.412. The molecule has 0 spiro atoms. The largest absolute Gasteiger partial charge is 0.494 e. The number of fused-ring (bicyclic) bond motifs is 1. The van der Waals surface area contributed by atoms with Gasteiger partial charge in [-0.2, -0.15) is 0 Å². The Hall–Kier alpha value is -1.63. The van der Waals surface area contributed by atoms with Crippen molar-refractivity contribution in [3.8, 4) is 5.75 Å². The zero-order valence-corrected chi connectivity index (χ0v) is 15.5. The van der Waals surface area contributed by atoms with Crippen molar-refractivity contribution in [1.29, 1.82) is 0 Å². The highest BCUT2D eigenvalue weighted by Crippen LogP contribution is 2.28. The molecular formula is C17H22ClN3O2S. The van der Waals surface area contributed by atoms with E-state index in [1.807, 2.05) is 19.1 Å². The smallest absolute Gasteiger partial charge is 0.257 e. The Bertz CT molecular complexity index is 688. The molecule has 0 bridgehead atoms. The summed E-state index contributed by atoms with van der Waals surface area (Å²) in [5.41, 5.74) is 1.73. The number of anilines is 1. The van der Waals surface area contributed by atoms with E-state index >= 15 is 0 Å². The maximum absolute atomic E-state index is 12.3. The molecule has 0 unspecified atom stereocenters. The number of halogens is 1. The van der Waals surface area contributed by atoms with Crippen molar-refractivity contribution >= 4 is 34.8 Å². The van der Waals surface area contributed by atoms with Crippen LogP contribution in [0.15, 0.2) is 24.3 Å². The zero-order chi connectivity index (χ0) is 16.2. The molecule has 130 valence electrons. The van der Waals surface area contributed by atoms with Gasteiger partial charge in [-0.25, -0.2) is 4.98 Å². The van der Waals surface area contributed by atoms with Crippen molar-refractivity contribution in [2.75, 3.05) is 25.0 Å². The summed E-state index contributed by atoms with van der Waals surface area (Å²) >= 11 is 1.58. The summed E-state index contributed by atoms with van der Waals surface area (Å²) in [4.78, 5) is 20.5. The molecule has 0 radical (unpaired) electrons. The molecule has 0 aliphatic carbocycles. The van der Waals surface area contributed by atoms with Crippen LogP contribution in [0, 0.1) is 0 Å². The van der Waals surface area contributed by atoms with Gasteiger partial charge >= 0.3 is 0 Å². The fourth-order valence-corrected chi connectivity index (χ4v) is 3.66. The third-order valence-electron chi connectivity index (χ3n) is 3.91. The minimum Gasteiger partial charge on any atom is -0.494 e. The molecular weight excluding hydrogens is 346 g/mol. The Labute approximate surface area is 152 Å². The molecule has 5 nitrogen and oxygen atoms in total. The maximum atomic E-state index is 12.3. The van der Waals surface area contributed by atoms with Crippen molar-refractivity contribution in [2.45, 2.75) is 26.8 Å². The molecule has 7 heteroatoms. The number of aromatic nitrogens is 1. The second kappa shape index (κ2) is 8.46. The van der Waals surface area contributed by atoms with Crippen LogP contribution < -0.4 is 10.1 Å². The summed E-state index contributed by atoms with van der Waals surface area (Å²) in [6.07, 6.45) is 0.957. The fourth-order valence-electron chi connectivity index (χ4n) is 2.61. The molecule has 3 rings (SSSR count). The van der Waals surface area contributed by atoms with E-state index in [-0.39, 0.29) is 18.3 Å². The van der Waals surface area contributed by atoms with Gasteiger partial charge in [0, 0.05) is 30.0 Å². The molecule has 1 aromatic heterocycles. The number of nitrogens with zero attached hydrogens (tertiary/aromatic N) is 2. The molecule has 1 amide bonds. The molecule has 2 aromatic rings. The molecule has 0 fully saturated rings. The highest BCUT2D eigenvalue weighted by atomic mass is 35.5. The Morgan fingerprint density at radius 1 is 1.33 bits per heavy atom. The van der Waals surface area contributed by atoms with Gasteiger partial charge in [-0.15, -0.1) is 23.7 Å². The van der Waals surface area contributed by atoms with E-state index < -0.39 is 0 Å². The van der Waals surface area contributed by atoms with E-state index in [0.717, 1.165) is 37.5 Å². The van der Waals surface area contributed by atoms with Crippen LogP contribution in [0.1, 0.15) is 34.8 Å². The number of benzene rings is 1. The van der Waals surface area contributed by atoms with Gasteiger partial charge < -0.3 is 4.74 Å². The van der Waals surface area contributed by atoms with Crippen LogP contribution in [-0.4, -0.2) is 35.5 Å². The van der Waals surface area contributed by atoms with Crippen molar-refractivity contribution in [3.63, 3.8) is 0 Å². The number of carbonyl (C=O) groups excluding carboxylic acids is 1. The van der Waals surface area contributed by atoms with E-state index in [1.54, 1.807) is 23.5 Å². The average Bonchev–Trinajstić information content (AvgIpc) is 2.96. The van der Waals surface area contributed by atoms with Crippen LogP contribution in [0.25, 0.3) is 0 Å². The number of carbonyl (C=O) groups is 1. The molecule has 0 atom stereocenters. The molecule has 1 aliphatic rings. The van der Waals surface area contributed by atoms with Gasteiger partial charge in [-0.1, -0.05) is 6.92 Å². The van der Waals surface area contributed by atoms with Crippen LogP contribution in [0.4, 0.5) is 5.13 Å². The van der Waals surface area contributed by atoms with E-state index in [0.29, 0.717) is 17.3 Å². The quantitative estimate of drug-likeness (QED) is 0.877. The minimum absolute atomic E-state index is 0. The van der Waals surface area contributed by atoms with Crippen molar-refractivity contribution in [2.24, 2.45) is 0 Å². The summed E-state index contributed by atoms with van der Waals surface area (Å²) in [5, 5.41) is 3.60. The summed E-state index contributed by atoms with van der Waals surface area (Å²) < 4.78 is 5.39. The number of rotatable bonds is 5. The van der Waals surface area contributed by atoms with Gasteiger partial charge in [-0.3, -0.25) is 15.0 Å². The lowest BCUT2D eigenvalue weighted by Crippen LogP contribution is -2.29. The van der Waals surface area contributed by atoms with Crippen molar-refractivity contribution < 1.29 is 9.53 Å². The van der Waals surface area contributed by atoms with Gasteiger partial charge in [0.15, 0.2) is 5.13 Å². The predicted molar refractivity (Wildman–Crippen MR) is 99.6 cm³/mol. The lowest BCUT2D eigenvalue weighted by atomic mass is 10.2. The second-order valence-corrected chi connectivity index (χ2v) is 6.50. The standard InChI is InChI=1S/C17H21N3O2S.ClH/c1-3-20-10-9-14-15(11-20)23-17(18-14)19-16(21)12-5-7-13(8-6-12)22-4-2;/h5-8H,3-4,9-11H2,1-2H3,(H,18,19,21);1H. The summed E-state index contributed by atoms with van der Waals surface area (Å²) in [6.45, 7) is 7.74. The number of ether oxygens (including phenoxy) is 1. The predicted octanol–water partition coefficient (Wildman–Crippen LogP) is 3.59. The lowest BCUT2D eigenvalue weighted by Gasteiger charge is -2.23. The number of likely N-dealkylation sites (N-methyl/N-ethyl adjacent to an activating group) is 1. The Kier molecular flexibility index (Phi) is 6.60. The van der Waals surface area contributed by atoms with Gasteiger partial charge in [0.1, 0.15) is 5.75 Å². The first-order valence-electron chi connectivity index (χ1n) is 7.94. The normalized spacial score (nSPS) is 13.8. The van der Waals surface area contributed by atoms with E-state index in [4.69, 9.17) is 4.74 Å². The van der Waals surface area contributed by atoms with Crippen molar-refractivity contribution in [1.82, 2.24) is 9.88 Å². The third-order valence-corrected chi connectivity index (χ3v) is 4.90. The summed E-state index contributed by atoms with van der Waals surface area (Å²) in [7, 11) is 0. The lowest BCUT2D eigenvalue weighted by molar-refractivity contribution is 0.102. The average molecular weight is 368 g/mol. The minimum atomic E-state index is -0.133. The number of nitrogens with one attached hydrogen (secondary N) is 1. The number of hydrogen-bond acceptors (Lipinski definition) is 5. The highest BCUT2D eigenvalue weighted by molar-refractivity contribution is 7.15. The van der Waals surface area contributed by atoms with Crippen LogP contribution >= 0.6 is 23.7 Å². The molecule has 1 N–H and O–H groups in total. The van der Waals surface area contributed by atoms with Gasteiger partial charge in [0.05, 0.1) is 12.3 Å². The third kappa shape index (κ3) is 4.26. The van der Waals surface area contributed by atoms with Crippen LogP contribution in [-0.2, 0) is 13.0 Å². The SMILES string of the molecule is CCOc1ccc(C(=O)Nc2nc3c(s2)CN(CC)CC3)cc1.Cl. The summed E-state index contributed by atoms with van der Waals surface area (Å²) in [6, 6.07) is 7.16. The van der Waals surface area contributed by atoms with Gasteiger partial charge in [0.25, 0.3) is 5.91 Å². The first-order valence-corrected chi connectivity index (χ1v) is 8.76. The molecule has 2 heterocycles. The van der Waals surface area contributed by atoms with Crippen molar-refractivity contribution in [3.05, 3.63) is 40.4 Å². The van der Waals surface area contributed by atoms with Gasteiger partial charge in [-0.05, 0) is 37.7 Å². The Morgan fingerprint density at radius 2 is 2.08 bits per heavy atom. The van der Waals surface area contributed by atoms with Crippen LogP contribution in [0.2, 0.25) is 0 Å². The molecule has 0 saturated carbocycles. The number of thiazole rings is 1. The topological polar surface area (TPSA) is 54.5 Å². The molecule has 24 heavy (non-hydrogen) atoms. The maximum Gasteiger partial charge on any atom is 0.257 e. The monoisotopic (exact) mass is 367 g/mol. The van der Waals surface area contributed by atoms with Crippen LogP contribution in [0.3, 0.4) is 0 Å². The molecule has 1 aliphatic heterocycles. The summed E-state index contributed by atoms with van der Waals surface area (Å²) in [5.74, 6) is 0.639. The highest BCUT2D eigenvalue weighted by Gasteiger charge is 2.20. The molecule has 1 aromatic carbocycles. The first kappa shape index (κ1) is 18.7. The van der Waals surface area contributed by atoms with Gasteiger partial charge in [0.2, 0.25) is 0 Å². The van der Waals surface area contributed by atoms with E-state index in [1.165, 1.54) is 4.88 Å². The second-order valence-electron chi connectivity index (χ2n) is 5.42.